The molecule has 26 heavy (non-hydrogen) atoms. The molecule has 2 rings (SSSR count). The van der Waals surface area contributed by atoms with Gasteiger partial charge in [-0.1, -0.05) is 62.6 Å². The van der Waals surface area contributed by atoms with Crippen molar-refractivity contribution in [3.63, 3.8) is 0 Å². The molecule has 2 aromatic rings. The molecule has 0 bridgehead atoms. The van der Waals surface area contributed by atoms with E-state index < -0.39 is 18.8 Å². The fourth-order valence-corrected chi connectivity index (χ4v) is 2.78. The van der Waals surface area contributed by atoms with Gasteiger partial charge < -0.3 is 20.1 Å². The van der Waals surface area contributed by atoms with Gasteiger partial charge in [-0.05, 0) is 41.7 Å². The first-order chi connectivity index (χ1) is 12.6. The Morgan fingerprint density at radius 2 is 1.42 bits per heavy atom. The van der Waals surface area contributed by atoms with Crippen molar-refractivity contribution in [1.29, 1.82) is 0 Å². The van der Waals surface area contributed by atoms with Crippen LogP contribution in [-0.4, -0.2) is 40.7 Å². The van der Waals surface area contributed by atoms with Crippen LogP contribution in [0.1, 0.15) is 38.2 Å². The highest BCUT2D eigenvalue weighted by Crippen LogP contribution is 2.23. The summed E-state index contributed by atoms with van der Waals surface area (Å²) < 4.78 is 5.44. The van der Waals surface area contributed by atoms with Gasteiger partial charge in [0.2, 0.25) is 0 Å². The molecule has 0 amide bonds. The summed E-state index contributed by atoms with van der Waals surface area (Å²) >= 11 is 0. The zero-order chi connectivity index (χ0) is 18.8. The fourth-order valence-electron chi connectivity index (χ4n) is 2.78. The number of aryl methyl sites for hydroxylation is 1. The van der Waals surface area contributed by atoms with Crippen LogP contribution in [0.5, 0.6) is 5.75 Å². The molecular weight excluding hydrogens is 328 g/mol. The number of hydrogen-bond donors (Lipinski definition) is 3. The van der Waals surface area contributed by atoms with Crippen molar-refractivity contribution in [2.24, 2.45) is 0 Å². The Labute approximate surface area is 156 Å². The van der Waals surface area contributed by atoms with Gasteiger partial charge in [-0.2, -0.15) is 0 Å². The van der Waals surface area contributed by atoms with Crippen LogP contribution in [0, 0.1) is 0 Å². The molecule has 0 radical (unpaired) electrons. The SMILES string of the molecule is CCCCCCc1ccc(-c2ccc(OC[C@H](O)[C@@H](O)CO)cc2)cc1. The quantitative estimate of drug-likeness (QED) is 0.537. The van der Waals surface area contributed by atoms with Gasteiger partial charge in [-0.25, -0.2) is 0 Å². The molecule has 3 N–H and O–H groups in total. The number of ether oxygens (including phenoxy) is 1. The van der Waals surface area contributed by atoms with Crippen LogP contribution < -0.4 is 4.74 Å². The summed E-state index contributed by atoms with van der Waals surface area (Å²) in [5.41, 5.74) is 3.64. The molecule has 142 valence electrons. The van der Waals surface area contributed by atoms with Gasteiger partial charge in [0, 0.05) is 0 Å². The minimum Gasteiger partial charge on any atom is -0.491 e. The van der Waals surface area contributed by atoms with Gasteiger partial charge >= 0.3 is 0 Å². The number of benzene rings is 2. The maximum atomic E-state index is 9.59. The van der Waals surface area contributed by atoms with Gasteiger partial charge in [0.15, 0.2) is 0 Å². The Bertz CT molecular complexity index is 622. The van der Waals surface area contributed by atoms with Crippen molar-refractivity contribution in [3.8, 4) is 16.9 Å². The van der Waals surface area contributed by atoms with E-state index in [4.69, 9.17) is 9.84 Å². The molecule has 0 aliphatic carbocycles. The smallest absolute Gasteiger partial charge is 0.119 e. The van der Waals surface area contributed by atoms with E-state index in [0.717, 1.165) is 17.5 Å². The Morgan fingerprint density at radius 3 is 2.00 bits per heavy atom. The Morgan fingerprint density at radius 1 is 0.808 bits per heavy atom. The van der Waals surface area contributed by atoms with Crippen molar-refractivity contribution in [3.05, 3.63) is 54.1 Å². The number of aliphatic hydroxyl groups is 3. The number of aliphatic hydroxyl groups excluding tert-OH is 3. The van der Waals surface area contributed by atoms with Crippen LogP contribution in [0.4, 0.5) is 0 Å². The molecular formula is C22H30O4. The van der Waals surface area contributed by atoms with Gasteiger partial charge in [0.25, 0.3) is 0 Å². The van der Waals surface area contributed by atoms with E-state index in [9.17, 15) is 10.2 Å². The molecule has 0 saturated heterocycles. The first-order valence-corrected chi connectivity index (χ1v) is 9.43. The lowest BCUT2D eigenvalue weighted by atomic mass is 10.0. The van der Waals surface area contributed by atoms with E-state index in [1.165, 1.54) is 31.2 Å². The monoisotopic (exact) mass is 358 g/mol. The first kappa shape index (κ1) is 20.4. The molecule has 0 fully saturated rings. The lowest BCUT2D eigenvalue weighted by Crippen LogP contribution is -2.34. The number of unbranched alkanes of at least 4 members (excludes halogenated alkanes) is 3. The number of rotatable bonds is 11. The summed E-state index contributed by atoms with van der Waals surface area (Å²) in [5, 5.41) is 27.7. The largest absolute Gasteiger partial charge is 0.491 e. The average Bonchev–Trinajstić information content (AvgIpc) is 2.69. The van der Waals surface area contributed by atoms with E-state index in [1.54, 1.807) is 0 Å². The second-order valence-corrected chi connectivity index (χ2v) is 6.66. The standard InChI is InChI=1S/C22H30O4/c1-2-3-4-5-6-17-7-9-18(10-8-17)19-11-13-20(14-12-19)26-16-22(25)21(24)15-23/h7-14,21-25H,2-6,15-16H2,1H3/t21-,22-/m0/s1. The maximum absolute atomic E-state index is 9.59. The minimum atomic E-state index is -1.19. The van der Waals surface area contributed by atoms with E-state index in [1.807, 2.05) is 24.3 Å². The van der Waals surface area contributed by atoms with E-state index in [0.29, 0.717) is 5.75 Å². The zero-order valence-electron chi connectivity index (χ0n) is 15.5. The van der Waals surface area contributed by atoms with Crippen LogP contribution in [0.2, 0.25) is 0 Å². The third kappa shape index (κ3) is 6.45. The molecule has 4 heteroatoms. The van der Waals surface area contributed by atoms with E-state index >= 15 is 0 Å². The highest BCUT2D eigenvalue weighted by molar-refractivity contribution is 5.64. The van der Waals surface area contributed by atoms with Gasteiger partial charge in [0.05, 0.1) is 6.61 Å². The third-order valence-corrected chi connectivity index (χ3v) is 4.51. The molecule has 0 saturated carbocycles. The van der Waals surface area contributed by atoms with Crippen LogP contribution in [-0.2, 0) is 6.42 Å². The Kier molecular flexibility index (Phi) is 8.62. The first-order valence-electron chi connectivity index (χ1n) is 9.43. The lowest BCUT2D eigenvalue weighted by Gasteiger charge is -2.16. The predicted molar refractivity (Wildman–Crippen MR) is 104 cm³/mol. The van der Waals surface area contributed by atoms with Crippen LogP contribution >= 0.6 is 0 Å². The highest BCUT2D eigenvalue weighted by atomic mass is 16.5. The summed E-state index contributed by atoms with van der Waals surface area (Å²) in [6.45, 7) is 1.68. The minimum absolute atomic E-state index is 0.0617. The maximum Gasteiger partial charge on any atom is 0.119 e. The van der Waals surface area contributed by atoms with Gasteiger partial charge in [0.1, 0.15) is 24.6 Å². The van der Waals surface area contributed by atoms with Crippen molar-refractivity contribution >= 4 is 0 Å². The topological polar surface area (TPSA) is 69.9 Å². The Hall–Kier alpha value is -1.88. The van der Waals surface area contributed by atoms with Crippen LogP contribution in [0.3, 0.4) is 0 Å². The van der Waals surface area contributed by atoms with Crippen LogP contribution in [0.25, 0.3) is 11.1 Å². The molecule has 0 heterocycles. The van der Waals surface area contributed by atoms with Crippen molar-refractivity contribution < 1.29 is 20.1 Å². The molecule has 2 aromatic carbocycles. The van der Waals surface area contributed by atoms with Crippen LogP contribution in [0.15, 0.2) is 48.5 Å². The highest BCUT2D eigenvalue weighted by Gasteiger charge is 2.15. The summed E-state index contributed by atoms with van der Waals surface area (Å²) in [6, 6.07) is 16.3. The van der Waals surface area contributed by atoms with Gasteiger partial charge in [-0.3, -0.25) is 0 Å². The normalized spacial score (nSPS) is 13.4. The van der Waals surface area contributed by atoms with Crippen molar-refractivity contribution in [2.75, 3.05) is 13.2 Å². The van der Waals surface area contributed by atoms with E-state index in [-0.39, 0.29) is 6.61 Å². The summed E-state index contributed by atoms with van der Waals surface area (Å²) in [4.78, 5) is 0. The lowest BCUT2D eigenvalue weighted by molar-refractivity contribution is -0.0339. The third-order valence-electron chi connectivity index (χ3n) is 4.51. The predicted octanol–water partition coefficient (Wildman–Crippen LogP) is 3.57. The zero-order valence-corrected chi connectivity index (χ0v) is 15.5. The van der Waals surface area contributed by atoms with Crippen molar-refractivity contribution in [2.45, 2.75) is 51.2 Å². The summed E-state index contributed by atoms with van der Waals surface area (Å²) in [7, 11) is 0. The van der Waals surface area contributed by atoms with E-state index in [2.05, 4.69) is 31.2 Å². The molecule has 4 nitrogen and oxygen atoms in total. The fraction of sp³-hybridized carbons (Fsp3) is 0.455. The second kappa shape index (κ2) is 11.0. The Balaban J connectivity index is 1.87. The molecule has 0 aliphatic heterocycles. The number of hydrogen-bond acceptors (Lipinski definition) is 4. The molecule has 2 atom stereocenters. The molecule has 0 aromatic heterocycles. The summed E-state index contributed by atoms with van der Waals surface area (Å²) in [5.74, 6) is 0.616. The second-order valence-electron chi connectivity index (χ2n) is 6.66. The molecule has 0 unspecified atom stereocenters. The average molecular weight is 358 g/mol. The molecule has 0 spiro atoms. The van der Waals surface area contributed by atoms with Crippen molar-refractivity contribution in [1.82, 2.24) is 0 Å². The summed E-state index contributed by atoms with van der Waals surface area (Å²) in [6.07, 6.45) is 3.95. The molecule has 0 aliphatic rings. The van der Waals surface area contributed by atoms with Gasteiger partial charge in [-0.15, -0.1) is 0 Å².